The number of hydrogen-bond donors (Lipinski definition) is 2. The predicted octanol–water partition coefficient (Wildman–Crippen LogP) is 2.24. The van der Waals surface area contributed by atoms with Crippen LogP contribution in [0.1, 0.15) is 51.9 Å². The number of aliphatic imine (C=N–C) groups is 1. The molecule has 0 aromatic rings. The summed E-state index contributed by atoms with van der Waals surface area (Å²) in [4.78, 5) is 18.3. The SMILES string of the molecule is CN=C(NCC1CCC(C)CC1)N1CCC(CC(=O)NC)CC1. The van der Waals surface area contributed by atoms with Crippen LogP contribution in [-0.4, -0.2) is 50.5 Å². The highest BCUT2D eigenvalue weighted by Gasteiger charge is 2.24. The Morgan fingerprint density at radius 1 is 1.09 bits per heavy atom. The normalized spacial score (nSPS) is 26.9. The van der Waals surface area contributed by atoms with Crippen molar-refractivity contribution in [2.24, 2.45) is 22.7 Å². The summed E-state index contributed by atoms with van der Waals surface area (Å²) < 4.78 is 0. The van der Waals surface area contributed by atoms with Crippen molar-refractivity contribution < 1.29 is 4.79 Å². The molecule has 2 aliphatic rings. The minimum absolute atomic E-state index is 0.164. The Labute approximate surface area is 141 Å². The fourth-order valence-corrected chi connectivity index (χ4v) is 3.81. The molecule has 0 aromatic carbocycles. The molecule has 0 unspecified atom stereocenters. The van der Waals surface area contributed by atoms with E-state index < -0.39 is 0 Å². The van der Waals surface area contributed by atoms with Crippen LogP contribution in [0.4, 0.5) is 0 Å². The summed E-state index contributed by atoms with van der Waals surface area (Å²) in [5, 5.41) is 6.32. The first-order valence-electron chi connectivity index (χ1n) is 9.28. The number of amides is 1. The molecule has 0 spiro atoms. The Balaban J connectivity index is 1.71. The van der Waals surface area contributed by atoms with Crippen LogP contribution in [0.25, 0.3) is 0 Å². The lowest BCUT2D eigenvalue weighted by Gasteiger charge is -2.35. The Morgan fingerprint density at radius 2 is 1.74 bits per heavy atom. The van der Waals surface area contributed by atoms with Gasteiger partial charge < -0.3 is 15.5 Å². The molecule has 0 bridgehead atoms. The maximum absolute atomic E-state index is 11.5. The first-order chi connectivity index (χ1) is 11.1. The Bertz CT molecular complexity index is 394. The summed E-state index contributed by atoms with van der Waals surface area (Å²) in [6.45, 7) is 5.43. The number of nitrogens with zero attached hydrogens (tertiary/aromatic N) is 2. The number of piperidine rings is 1. The molecule has 1 heterocycles. The van der Waals surface area contributed by atoms with Gasteiger partial charge in [-0.3, -0.25) is 9.79 Å². The van der Waals surface area contributed by atoms with E-state index in [0.717, 1.165) is 50.3 Å². The third kappa shape index (κ3) is 5.70. The highest BCUT2D eigenvalue weighted by Crippen LogP contribution is 2.27. The van der Waals surface area contributed by atoms with Crippen molar-refractivity contribution >= 4 is 11.9 Å². The number of hydrogen-bond acceptors (Lipinski definition) is 2. The summed E-state index contributed by atoms with van der Waals surface area (Å²) in [6.07, 6.45) is 8.26. The van der Waals surface area contributed by atoms with Gasteiger partial charge >= 0.3 is 0 Å². The first-order valence-corrected chi connectivity index (χ1v) is 9.28. The molecule has 1 saturated heterocycles. The largest absolute Gasteiger partial charge is 0.359 e. The average Bonchev–Trinajstić information content (AvgIpc) is 2.58. The van der Waals surface area contributed by atoms with Gasteiger partial charge in [0.2, 0.25) is 5.91 Å². The molecule has 0 radical (unpaired) electrons. The van der Waals surface area contributed by atoms with Gasteiger partial charge in [-0.05, 0) is 43.4 Å². The summed E-state index contributed by atoms with van der Waals surface area (Å²) >= 11 is 0. The monoisotopic (exact) mass is 322 g/mol. The van der Waals surface area contributed by atoms with Gasteiger partial charge in [0.1, 0.15) is 0 Å². The maximum atomic E-state index is 11.5. The van der Waals surface area contributed by atoms with Crippen LogP contribution in [0.2, 0.25) is 0 Å². The highest BCUT2D eigenvalue weighted by molar-refractivity contribution is 5.80. The van der Waals surface area contributed by atoms with Gasteiger partial charge in [0.15, 0.2) is 5.96 Å². The zero-order valence-corrected chi connectivity index (χ0v) is 15.1. The van der Waals surface area contributed by atoms with Crippen molar-refractivity contribution in [3.63, 3.8) is 0 Å². The highest BCUT2D eigenvalue weighted by atomic mass is 16.1. The quantitative estimate of drug-likeness (QED) is 0.616. The minimum Gasteiger partial charge on any atom is -0.359 e. The fraction of sp³-hybridized carbons (Fsp3) is 0.889. The molecule has 23 heavy (non-hydrogen) atoms. The number of rotatable bonds is 4. The van der Waals surface area contributed by atoms with E-state index in [0.29, 0.717) is 12.3 Å². The number of nitrogens with one attached hydrogen (secondary N) is 2. The van der Waals surface area contributed by atoms with E-state index in [-0.39, 0.29) is 5.91 Å². The van der Waals surface area contributed by atoms with E-state index in [4.69, 9.17) is 0 Å². The molecular weight excluding hydrogens is 288 g/mol. The van der Waals surface area contributed by atoms with E-state index in [9.17, 15) is 4.79 Å². The van der Waals surface area contributed by atoms with Crippen molar-refractivity contribution in [1.29, 1.82) is 0 Å². The number of carbonyl (C=O) groups excluding carboxylic acids is 1. The molecule has 1 aliphatic heterocycles. The maximum Gasteiger partial charge on any atom is 0.220 e. The third-order valence-electron chi connectivity index (χ3n) is 5.56. The van der Waals surface area contributed by atoms with E-state index in [1.165, 1.54) is 25.7 Å². The fourth-order valence-electron chi connectivity index (χ4n) is 3.81. The van der Waals surface area contributed by atoms with Crippen molar-refractivity contribution in [1.82, 2.24) is 15.5 Å². The molecule has 2 N–H and O–H groups in total. The minimum atomic E-state index is 0.164. The molecule has 132 valence electrons. The van der Waals surface area contributed by atoms with E-state index in [1.54, 1.807) is 7.05 Å². The third-order valence-corrected chi connectivity index (χ3v) is 5.56. The lowest BCUT2D eigenvalue weighted by molar-refractivity contribution is -0.121. The topological polar surface area (TPSA) is 56.7 Å². The lowest BCUT2D eigenvalue weighted by atomic mass is 9.83. The van der Waals surface area contributed by atoms with E-state index in [2.05, 4.69) is 27.4 Å². The van der Waals surface area contributed by atoms with Gasteiger partial charge in [0.05, 0.1) is 0 Å². The standard InChI is InChI=1S/C18H34N4O/c1-14-4-6-16(7-5-14)13-21-18(20-3)22-10-8-15(9-11-22)12-17(23)19-2/h14-16H,4-13H2,1-3H3,(H,19,23)(H,20,21). The Kier molecular flexibility index (Phi) is 7.18. The summed E-state index contributed by atoms with van der Waals surface area (Å²) in [5.74, 6) is 3.43. The Hall–Kier alpha value is -1.26. The van der Waals surface area contributed by atoms with Gasteiger partial charge in [-0.2, -0.15) is 0 Å². The number of carbonyl (C=O) groups is 1. The number of likely N-dealkylation sites (tertiary alicyclic amines) is 1. The van der Waals surface area contributed by atoms with E-state index >= 15 is 0 Å². The van der Waals surface area contributed by atoms with Gasteiger partial charge in [-0.15, -0.1) is 0 Å². The van der Waals surface area contributed by atoms with Gasteiger partial charge in [-0.25, -0.2) is 0 Å². The van der Waals surface area contributed by atoms with Crippen molar-refractivity contribution in [2.75, 3.05) is 33.7 Å². The smallest absolute Gasteiger partial charge is 0.220 e. The van der Waals surface area contributed by atoms with Crippen molar-refractivity contribution in [3.8, 4) is 0 Å². The Morgan fingerprint density at radius 3 is 2.30 bits per heavy atom. The number of guanidine groups is 1. The van der Waals surface area contributed by atoms with E-state index in [1.807, 2.05) is 7.05 Å². The van der Waals surface area contributed by atoms with Crippen LogP contribution in [0.5, 0.6) is 0 Å². The summed E-state index contributed by atoms with van der Waals surface area (Å²) in [5.41, 5.74) is 0. The molecule has 0 aromatic heterocycles. The van der Waals surface area contributed by atoms with Crippen LogP contribution >= 0.6 is 0 Å². The molecule has 1 saturated carbocycles. The van der Waals surface area contributed by atoms with Crippen LogP contribution in [-0.2, 0) is 4.79 Å². The average molecular weight is 322 g/mol. The molecule has 5 nitrogen and oxygen atoms in total. The lowest BCUT2D eigenvalue weighted by Crippen LogP contribution is -2.47. The zero-order chi connectivity index (χ0) is 16.7. The predicted molar refractivity (Wildman–Crippen MR) is 95.5 cm³/mol. The summed E-state index contributed by atoms with van der Waals surface area (Å²) in [6, 6.07) is 0. The first kappa shape index (κ1) is 18.1. The second-order valence-electron chi connectivity index (χ2n) is 7.36. The van der Waals surface area contributed by atoms with Gasteiger partial charge in [-0.1, -0.05) is 19.8 Å². The molecule has 2 rings (SSSR count). The van der Waals surface area contributed by atoms with Gasteiger partial charge in [0, 0.05) is 40.2 Å². The van der Waals surface area contributed by atoms with Crippen molar-refractivity contribution in [3.05, 3.63) is 0 Å². The van der Waals surface area contributed by atoms with Gasteiger partial charge in [0.25, 0.3) is 0 Å². The van der Waals surface area contributed by atoms with Crippen molar-refractivity contribution in [2.45, 2.75) is 51.9 Å². The molecule has 2 fully saturated rings. The molecule has 0 atom stereocenters. The molecule has 1 aliphatic carbocycles. The van der Waals surface area contributed by atoms with Crippen LogP contribution < -0.4 is 10.6 Å². The van der Waals surface area contributed by atoms with Crippen LogP contribution in [0.15, 0.2) is 4.99 Å². The second-order valence-corrected chi connectivity index (χ2v) is 7.36. The molecular formula is C18H34N4O. The van der Waals surface area contributed by atoms with Crippen LogP contribution in [0.3, 0.4) is 0 Å². The zero-order valence-electron chi connectivity index (χ0n) is 15.1. The molecule has 1 amide bonds. The molecule has 5 heteroatoms. The summed E-state index contributed by atoms with van der Waals surface area (Å²) in [7, 11) is 3.59. The second kappa shape index (κ2) is 9.14. The van der Waals surface area contributed by atoms with Crippen LogP contribution in [0, 0.1) is 17.8 Å².